The molecule has 3 heteroatoms. The monoisotopic (exact) mass is 209 g/mol. The Hall–Kier alpha value is -1.28. The van der Waals surface area contributed by atoms with Gasteiger partial charge < -0.3 is 4.90 Å². The predicted octanol–water partition coefficient (Wildman–Crippen LogP) is 2.53. The van der Waals surface area contributed by atoms with Crippen LogP contribution in [0.2, 0.25) is 0 Å². The van der Waals surface area contributed by atoms with Crippen LogP contribution in [0.3, 0.4) is 0 Å². The van der Waals surface area contributed by atoms with E-state index in [0.717, 1.165) is 11.3 Å². The Kier molecular flexibility index (Phi) is 3.72. The molecule has 0 N–H and O–H groups in total. The highest BCUT2D eigenvalue weighted by molar-refractivity contribution is 6.49. The molecular formula is C11H12ClNO. The SMILES string of the molecule is CN(C)c1ccc(C(Cl)=CC=O)cc1. The molecule has 1 rings (SSSR count). The van der Waals surface area contributed by atoms with Crippen LogP contribution >= 0.6 is 11.6 Å². The Bertz CT molecular complexity index is 341. The molecule has 0 amide bonds. The van der Waals surface area contributed by atoms with Gasteiger partial charge in [-0.1, -0.05) is 23.7 Å². The van der Waals surface area contributed by atoms with Crippen molar-refractivity contribution < 1.29 is 4.79 Å². The average molecular weight is 210 g/mol. The van der Waals surface area contributed by atoms with Gasteiger partial charge in [-0.15, -0.1) is 0 Å². The van der Waals surface area contributed by atoms with Crippen molar-refractivity contribution in [3.63, 3.8) is 0 Å². The molecule has 0 saturated heterocycles. The highest BCUT2D eigenvalue weighted by atomic mass is 35.5. The summed E-state index contributed by atoms with van der Waals surface area (Å²) in [6, 6.07) is 7.68. The van der Waals surface area contributed by atoms with Crippen LogP contribution in [-0.2, 0) is 4.79 Å². The molecule has 0 fully saturated rings. The number of benzene rings is 1. The van der Waals surface area contributed by atoms with E-state index in [1.165, 1.54) is 6.08 Å². The van der Waals surface area contributed by atoms with Gasteiger partial charge in [0.2, 0.25) is 0 Å². The van der Waals surface area contributed by atoms with Crippen molar-refractivity contribution in [1.29, 1.82) is 0 Å². The third-order valence-corrected chi connectivity index (χ3v) is 2.22. The van der Waals surface area contributed by atoms with Crippen LogP contribution in [0.25, 0.3) is 5.03 Å². The third-order valence-electron chi connectivity index (χ3n) is 1.87. The number of anilines is 1. The predicted molar refractivity (Wildman–Crippen MR) is 60.7 cm³/mol. The van der Waals surface area contributed by atoms with Gasteiger partial charge in [0.15, 0.2) is 0 Å². The quantitative estimate of drug-likeness (QED) is 0.563. The molecule has 0 heterocycles. The summed E-state index contributed by atoms with van der Waals surface area (Å²) in [6.45, 7) is 0. The molecule has 0 aliphatic rings. The van der Waals surface area contributed by atoms with Gasteiger partial charge in [0.25, 0.3) is 0 Å². The van der Waals surface area contributed by atoms with Gasteiger partial charge in [-0.05, 0) is 23.8 Å². The number of halogens is 1. The molecule has 74 valence electrons. The number of hydrogen-bond donors (Lipinski definition) is 0. The summed E-state index contributed by atoms with van der Waals surface area (Å²) < 4.78 is 0. The minimum atomic E-state index is 0.463. The zero-order valence-electron chi connectivity index (χ0n) is 8.20. The first-order chi connectivity index (χ1) is 6.65. The van der Waals surface area contributed by atoms with E-state index in [0.29, 0.717) is 11.3 Å². The van der Waals surface area contributed by atoms with E-state index in [-0.39, 0.29) is 0 Å². The summed E-state index contributed by atoms with van der Waals surface area (Å²) in [4.78, 5) is 12.2. The largest absolute Gasteiger partial charge is 0.378 e. The zero-order valence-corrected chi connectivity index (χ0v) is 8.95. The first-order valence-corrected chi connectivity index (χ1v) is 4.61. The fourth-order valence-electron chi connectivity index (χ4n) is 1.07. The Morgan fingerprint density at radius 2 is 1.86 bits per heavy atom. The normalized spacial score (nSPS) is 11.2. The van der Waals surface area contributed by atoms with Crippen molar-refractivity contribution in [2.45, 2.75) is 0 Å². The molecule has 0 atom stereocenters. The van der Waals surface area contributed by atoms with Gasteiger partial charge in [-0.2, -0.15) is 0 Å². The highest BCUT2D eigenvalue weighted by Gasteiger charge is 1.98. The summed E-state index contributed by atoms with van der Waals surface area (Å²) in [5, 5.41) is 0.463. The van der Waals surface area contributed by atoms with Gasteiger partial charge >= 0.3 is 0 Å². The van der Waals surface area contributed by atoms with E-state index < -0.39 is 0 Å². The van der Waals surface area contributed by atoms with Crippen LogP contribution in [0.5, 0.6) is 0 Å². The second-order valence-electron chi connectivity index (χ2n) is 3.09. The van der Waals surface area contributed by atoms with Gasteiger partial charge in [0, 0.05) is 19.8 Å². The van der Waals surface area contributed by atoms with Crippen LogP contribution < -0.4 is 4.90 Å². The lowest BCUT2D eigenvalue weighted by Gasteiger charge is -2.12. The van der Waals surface area contributed by atoms with Gasteiger partial charge in [0.05, 0.1) is 5.03 Å². The third kappa shape index (κ3) is 2.60. The Morgan fingerprint density at radius 1 is 1.29 bits per heavy atom. The highest BCUT2D eigenvalue weighted by Crippen LogP contribution is 2.21. The Labute approximate surface area is 88.8 Å². The fourth-order valence-corrected chi connectivity index (χ4v) is 1.25. The molecule has 0 aliphatic heterocycles. The maximum atomic E-state index is 10.2. The number of rotatable bonds is 3. The lowest BCUT2D eigenvalue weighted by atomic mass is 10.2. The molecule has 1 aromatic rings. The number of carbonyl (C=O) groups is 1. The molecular weight excluding hydrogens is 198 g/mol. The fraction of sp³-hybridized carbons (Fsp3) is 0.182. The van der Waals surface area contributed by atoms with E-state index in [9.17, 15) is 4.79 Å². The molecule has 0 bridgehead atoms. The molecule has 0 aromatic heterocycles. The smallest absolute Gasteiger partial charge is 0.144 e. The van der Waals surface area contributed by atoms with Crippen LogP contribution in [0.4, 0.5) is 5.69 Å². The average Bonchev–Trinajstić information content (AvgIpc) is 2.18. The molecule has 0 radical (unpaired) electrons. The van der Waals surface area contributed by atoms with E-state index >= 15 is 0 Å². The number of aldehydes is 1. The second-order valence-corrected chi connectivity index (χ2v) is 3.50. The number of hydrogen-bond acceptors (Lipinski definition) is 2. The lowest BCUT2D eigenvalue weighted by Crippen LogP contribution is -2.07. The number of allylic oxidation sites excluding steroid dienone is 1. The summed E-state index contributed by atoms with van der Waals surface area (Å²) in [5.41, 5.74) is 1.95. The minimum absolute atomic E-state index is 0.463. The molecule has 14 heavy (non-hydrogen) atoms. The van der Waals surface area contributed by atoms with Crippen LogP contribution in [0.1, 0.15) is 5.56 Å². The molecule has 0 aliphatic carbocycles. The molecule has 1 aromatic carbocycles. The van der Waals surface area contributed by atoms with Crippen molar-refractivity contribution in [3.8, 4) is 0 Å². The standard InChI is InChI=1S/C11H12ClNO/c1-13(2)10-5-3-9(4-6-10)11(12)7-8-14/h3-8H,1-2H3. The van der Waals surface area contributed by atoms with E-state index in [2.05, 4.69) is 0 Å². The first kappa shape index (κ1) is 10.8. The van der Waals surface area contributed by atoms with E-state index in [4.69, 9.17) is 11.6 Å². The first-order valence-electron chi connectivity index (χ1n) is 4.24. The van der Waals surface area contributed by atoms with Gasteiger partial charge in [-0.25, -0.2) is 0 Å². The van der Waals surface area contributed by atoms with Crippen molar-refractivity contribution >= 4 is 28.6 Å². The number of carbonyl (C=O) groups excluding carboxylic acids is 1. The molecule has 2 nitrogen and oxygen atoms in total. The minimum Gasteiger partial charge on any atom is -0.378 e. The summed E-state index contributed by atoms with van der Waals surface area (Å²) in [7, 11) is 3.94. The summed E-state index contributed by atoms with van der Waals surface area (Å²) in [6.07, 6.45) is 2.02. The van der Waals surface area contributed by atoms with Gasteiger partial charge in [0.1, 0.15) is 6.29 Å². The molecule has 0 unspecified atom stereocenters. The summed E-state index contributed by atoms with van der Waals surface area (Å²) in [5.74, 6) is 0. The zero-order chi connectivity index (χ0) is 10.6. The Balaban J connectivity index is 2.93. The Morgan fingerprint density at radius 3 is 2.29 bits per heavy atom. The van der Waals surface area contributed by atoms with Crippen molar-refractivity contribution in [3.05, 3.63) is 35.9 Å². The van der Waals surface area contributed by atoms with Crippen LogP contribution in [0.15, 0.2) is 30.3 Å². The van der Waals surface area contributed by atoms with Crippen molar-refractivity contribution in [2.24, 2.45) is 0 Å². The van der Waals surface area contributed by atoms with E-state index in [1.54, 1.807) is 0 Å². The lowest BCUT2D eigenvalue weighted by molar-refractivity contribution is -0.104. The number of nitrogens with zero attached hydrogens (tertiary/aromatic N) is 1. The van der Waals surface area contributed by atoms with Crippen molar-refractivity contribution in [2.75, 3.05) is 19.0 Å². The van der Waals surface area contributed by atoms with Gasteiger partial charge in [-0.3, -0.25) is 4.79 Å². The van der Waals surface area contributed by atoms with Crippen LogP contribution in [-0.4, -0.2) is 20.4 Å². The van der Waals surface area contributed by atoms with Crippen LogP contribution in [0, 0.1) is 0 Å². The van der Waals surface area contributed by atoms with E-state index in [1.807, 2.05) is 43.3 Å². The molecule has 0 spiro atoms. The second kappa shape index (κ2) is 4.82. The van der Waals surface area contributed by atoms with Crippen molar-refractivity contribution in [1.82, 2.24) is 0 Å². The maximum absolute atomic E-state index is 10.2. The maximum Gasteiger partial charge on any atom is 0.144 e. The molecule has 0 saturated carbocycles. The summed E-state index contributed by atoms with van der Waals surface area (Å²) >= 11 is 5.85. The topological polar surface area (TPSA) is 20.3 Å².